The lowest BCUT2D eigenvalue weighted by atomic mass is 9.79. The van der Waals surface area contributed by atoms with Gasteiger partial charge in [-0.3, -0.25) is 0 Å². The third-order valence-corrected chi connectivity index (χ3v) is 12.2. The van der Waals surface area contributed by atoms with Crippen LogP contribution in [-0.2, 0) is 5.41 Å². The van der Waals surface area contributed by atoms with Crippen LogP contribution in [0, 0.1) is 0 Å². The smallest absolute Gasteiger partial charge is 0.159 e. The van der Waals surface area contributed by atoms with Gasteiger partial charge < -0.3 is 14.1 Å². The van der Waals surface area contributed by atoms with Gasteiger partial charge >= 0.3 is 0 Å². The second-order valence-corrected chi connectivity index (χ2v) is 15.8. The molecule has 1 aromatic heterocycles. The zero-order valence-corrected chi connectivity index (χ0v) is 31.1. The summed E-state index contributed by atoms with van der Waals surface area (Å²) in [5.41, 5.74) is 15.3. The molecule has 8 aromatic rings. The fourth-order valence-electron chi connectivity index (χ4n) is 9.52. The molecule has 1 aliphatic heterocycles. The van der Waals surface area contributed by atoms with Crippen LogP contribution in [0.5, 0.6) is 5.75 Å². The Hall–Kier alpha value is -6.58. The zero-order valence-electron chi connectivity index (χ0n) is 31.1. The summed E-state index contributed by atoms with van der Waals surface area (Å²) >= 11 is 0. The van der Waals surface area contributed by atoms with Gasteiger partial charge in [0.1, 0.15) is 16.9 Å². The first-order valence-electron chi connectivity index (χ1n) is 19.2. The van der Waals surface area contributed by atoms with E-state index in [9.17, 15) is 0 Å². The molecule has 0 fully saturated rings. The van der Waals surface area contributed by atoms with Gasteiger partial charge in [0.25, 0.3) is 0 Å². The van der Waals surface area contributed by atoms with Gasteiger partial charge in [0.15, 0.2) is 5.58 Å². The highest BCUT2D eigenvalue weighted by molar-refractivity contribution is 6.15. The molecule has 3 heteroatoms. The van der Waals surface area contributed by atoms with Gasteiger partial charge in [-0.15, -0.1) is 0 Å². The van der Waals surface area contributed by atoms with E-state index in [0.29, 0.717) is 0 Å². The van der Waals surface area contributed by atoms with Crippen LogP contribution in [0.3, 0.4) is 0 Å². The van der Waals surface area contributed by atoms with Crippen LogP contribution >= 0.6 is 0 Å². The van der Waals surface area contributed by atoms with Crippen molar-refractivity contribution < 1.29 is 9.15 Å². The van der Waals surface area contributed by atoms with Crippen molar-refractivity contribution in [3.05, 3.63) is 193 Å². The summed E-state index contributed by atoms with van der Waals surface area (Å²) in [5, 5.41) is 2.11. The summed E-state index contributed by atoms with van der Waals surface area (Å²) < 4.78 is 14.1. The van der Waals surface area contributed by atoms with Crippen LogP contribution < -0.4 is 9.64 Å². The normalized spacial score (nSPS) is 18.5. The molecule has 264 valence electrons. The molecule has 0 radical (unpaired) electrons. The Morgan fingerprint density at radius 3 is 2.09 bits per heavy atom. The molecule has 0 spiro atoms. The molecule has 0 saturated carbocycles. The number of anilines is 3. The number of para-hydroxylation sites is 1. The number of furan rings is 1. The molecule has 0 N–H and O–H groups in total. The largest absolute Gasteiger partial charge is 0.482 e. The molecule has 2 atom stereocenters. The monoisotopic (exact) mass is 709 g/mol. The summed E-state index contributed by atoms with van der Waals surface area (Å²) in [6.07, 6.45) is 8.69. The maximum absolute atomic E-state index is 7.29. The Bertz CT molecular complexity index is 2900. The Labute approximate surface area is 321 Å². The van der Waals surface area contributed by atoms with E-state index in [1.165, 1.54) is 33.4 Å². The Morgan fingerprint density at radius 2 is 1.25 bits per heavy atom. The van der Waals surface area contributed by atoms with Gasteiger partial charge in [0.05, 0.1) is 5.69 Å². The van der Waals surface area contributed by atoms with Crippen molar-refractivity contribution in [3.8, 4) is 39.1 Å². The first-order valence-corrected chi connectivity index (χ1v) is 19.2. The van der Waals surface area contributed by atoms with Crippen LogP contribution in [0.2, 0.25) is 0 Å². The maximum Gasteiger partial charge on any atom is 0.159 e. The van der Waals surface area contributed by atoms with Gasteiger partial charge in [-0.2, -0.15) is 0 Å². The van der Waals surface area contributed by atoms with Gasteiger partial charge in [-0.25, -0.2) is 0 Å². The van der Waals surface area contributed by atoms with Crippen molar-refractivity contribution in [2.24, 2.45) is 0 Å². The number of fused-ring (bicyclic) bond motifs is 9. The summed E-state index contributed by atoms with van der Waals surface area (Å²) in [6.45, 7) is 6.87. The Morgan fingerprint density at radius 1 is 0.545 bits per heavy atom. The van der Waals surface area contributed by atoms with Crippen molar-refractivity contribution in [2.75, 3.05) is 4.90 Å². The topological polar surface area (TPSA) is 25.6 Å². The highest BCUT2D eigenvalue weighted by atomic mass is 16.5. The number of nitrogens with zero attached hydrogens (tertiary/aromatic N) is 1. The summed E-state index contributed by atoms with van der Waals surface area (Å²) in [7, 11) is 0. The van der Waals surface area contributed by atoms with Crippen molar-refractivity contribution in [1.29, 1.82) is 0 Å². The lowest BCUT2D eigenvalue weighted by molar-refractivity contribution is 0.155. The van der Waals surface area contributed by atoms with Crippen molar-refractivity contribution in [3.63, 3.8) is 0 Å². The number of ether oxygens (including phenoxy) is 1. The van der Waals surface area contributed by atoms with E-state index in [4.69, 9.17) is 9.15 Å². The number of allylic oxidation sites excluding steroid dienone is 2. The first-order chi connectivity index (χ1) is 26.9. The number of rotatable bonds is 5. The van der Waals surface area contributed by atoms with Crippen molar-refractivity contribution in [2.45, 2.75) is 37.7 Å². The third kappa shape index (κ3) is 4.69. The second kappa shape index (κ2) is 11.7. The minimum Gasteiger partial charge on any atom is -0.482 e. The number of benzene rings is 7. The average molecular weight is 710 g/mol. The molecule has 11 rings (SSSR count). The van der Waals surface area contributed by atoms with E-state index < -0.39 is 5.60 Å². The maximum atomic E-state index is 7.29. The summed E-state index contributed by atoms with van der Waals surface area (Å²) in [4.78, 5) is 2.38. The SMILES string of the molecule is CC1(C)c2ccccc2-c2ccc(N(c3cccc(-c4ccccc4)c3)c3cccc4c3oc3c(-c5ccccc5)c5c(cc34)OC3(C)C=CC=CC53)cc21. The molecule has 0 bridgehead atoms. The summed E-state index contributed by atoms with van der Waals surface area (Å²) in [6, 6.07) is 54.7. The summed E-state index contributed by atoms with van der Waals surface area (Å²) in [5.74, 6) is 0.979. The lowest BCUT2D eigenvalue weighted by Crippen LogP contribution is -2.32. The van der Waals surface area contributed by atoms with Crippen LogP contribution in [0.4, 0.5) is 17.1 Å². The average Bonchev–Trinajstić information content (AvgIpc) is 3.82. The molecule has 0 saturated heterocycles. The molecule has 55 heavy (non-hydrogen) atoms. The lowest BCUT2D eigenvalue weighted by Gasteiger charge is -2.28. The van der Waals surface area contributed by atoms with Crippen LogP contribution in [0.25, 0.3) is 55.3 Å². The Kier molecular flexibility index (Phi) is 6.79. The van der Waals surface area contributed by atoms with E-state index in [-0.39, 0.29) is 11.3 Å². The quantitative estimate of drug-likeness (QED) is 0.178. The highest BCUT2D eigenvalue weighted by Crippen LogP contribution is 2.56. The zero-order chi connectivity index (χ0) is 36.9. The van der Waals surface area contributed by atoms with Gasteiger partial charge in [0.2, 0.25) is 0 Å². The standard InChI is InChI=1S/C52H39NO2/c1-51(2)42-24-11-10-22-38(42)39-28-27-37(31-44(39)51)53(36-21-14-20-35(30-36)33-16-6-4-7-17-33)45-26-15-23-40-41-32-46-48(43-25-12-13-29-52(43,3)55-46)47(50(41)54-49(40)45)34-18-8-5-9-19-34/h4-32,43H,1-3H3. The molecular formula is C52H39NO2. The van der Waals surface area contributed by atoms with E-state index in [1.807, 2.05) is 0 Å². The van der Waals surface area contributed by atoms with E-state index >= 15 is 0 Å². The molecule has 2 unspecified atom stereocenters. The first kappa shape index (κ1) is 31.9. The van der Waals surface area contributed by atoms with Crippen molar-refractivity contribution >= 4 is 39.0 Å². The number of hydrogen-bond acceptors (Lipinski definition) is 3. The number of hydrogen-bond donors (Lipinski definition) is 0. The predicted octanol–water partition coefficient (Wildman–Crippen LogP) is 14.1. The van der Waals surface area contributed by atoms with E-state index in [1.54, 1.807) is 0 Å². The molecule has 2 aliphatic carbocycles. The Balaban J connectivity index is 1.18. The second-order valence-electron chi connectivity index (χ2n) is 15.8. The molecule has 3 nitrogen and oxygen atoms in total. The van der Waals surface area contributed by atoms with Gasteiger partial charge in [-0.1, -0.05) is 147 Å². The van der Waals surface area contributed by atoms with Crippen LogP contribution in [0.1, 0.15) is 43.4 Å². The van der Waals surface area contributed by atoms with Crippen molar-refractivity contribution in [1.82, 2.24) is 0 Å². The highest BCUT2D eigenvalue weighted by Gasteiger charge is 2.45. The molecule has 0 amide bonds. The van der Waals surface area contributed by atoms with E-state index in [0.717, 1.165) is 61.4 Å². The fraction of sp³-hybridized carbons (Fsp3) is 0.115. The van der Waals surface area contributed by atoms with Crippen LogP contribution in [0.15, 0.2) is 180 Å². The fourth-order valence-corrected chi connectivity index (χ4v) is 9.52. The minimum absolute atomic E-state index is 0.0657. The molecule has 2 heterocycles. The molecular weight excluding hydrogens is 671 g/mol. The molecule has 3 aliphatic rings. The molecule has 7 aromatic carbocycles. The minimum atomic E-state index is -0.456. The van der Waals surface area contributed by atoms with Crippen LogP contribution in [-0.4, -0.2) is 5.60 Å². The van der Waals surface area contributed by atoms with Gasteiger partial charge in [0, 0.05) is 44.6 Å². The van der Waals surface area contributed by atoms with E-state index in [2.05, 4.69) is 202 Å². The predicted molar refractivity (Wildman–Crippen MR) is 227 cm³/mol. The van der Waals surface area contributed by atoms with Gasteiger partial charge in [-0.05, 0) is 88.3 Å². The third-order valence-electron chi connectivity index (χ3n) is 12.2.